The van der Waals surface area contributed by atoms with Crippen molar-refractivity contribution < 1.29 is 14.3 Å². The molecule has 9 heteroatoms. The van der Waals surface area contributed by atoms with Gasteiger partial charge in [0, 0.05) is 41.1 Å². The number of methoxy groups -OCH3 is 1. The molecule has 7 nitrogen and oxygen atoms in total. The first-order valence-electron chi connectivity index (χ1n) is 13.1. The lowest BCUT2D eigenvalue weighted by molar-refractivity contribution is -0.117. The van der Waals surface area contributed by atoms with Gasteiger partial charge in [-0.15, -0.1) is 11.3 Å². The van der Waals surface area contributed by atoms with Crippen LogP contribution in [-0.4, -0.2) is 35.8 Å². The lowest BCUT2D eigenvalue weighted by atomic mass is 9.95. The normalized spacial score (nSPS) is 17.8. The Morgan fingerprint density at radius 2 is 1.92 bits per heavy atom. The molecule has 2 unspecified atom stereocenters. The molecule has 1 saturated carbocycles. The van der Waals surface area contributed by atoms with Gasteiger partial charge in [-0.1, -0.05) is 29.8 Å². The molecule has 6 rings (SSSR count). The van der Waals surface area contributed by atoms with Crippen LogP contribution < -0.4 is 15.4 Å². The number of ether oxygens (including phenoxy) is 1. The van der Waals surface area contributed by atoms with Gasteiger partial charge in [0.2, 0.25) is 5.91 Å². The summed E-state index contributed by atoms with van der Waals surface area (Å²) >= 11 is 8.01. The lowest BCUT2D eigenvalue weighted by Gasteiger charge is -2.12. The lowest BCUT2D eigenvalue weighted by Crippen LogP contribution is -2.22. The molecule has 4 aromatic rings. The molecule has 2 N–H and O–H groups in total. The average molecular weight is 561 g/mol. The van der Waals surface area contributed by atoms with Crippen molar-refractivity contribution in [2.45, 2.75) is 38.0 Å². The second-order valence-electron chi connectivity index (χ2n) is 9.99. The maximum absolute atomic E-state index is 13.5. The Labute approximate surface area is 236 Å². The third-order valence-electron chi connectivity index (χ3n) is 7.58. The summed E-state index contributed by atoms with van der Waals surface area (Å²) in [5.74, 6) is 0.201. The molecule has 39 heavy (non-hydrogen) atoms. The van der Waals surface area contributed by atoms with Gasteiger partial charge in [0.05, 0.1) is 29.1 Å². The van der Waals surface area contributed by atoms with E-state index in [-0.39, 0.29) is 23.7 Å². The van der Waals surface area contributed by atoms with Crippen LogP contribution in [0.4, 0.5) is 5.00 Å². The highest BCUT2D eigenvalue weighted by atomic mass is 35.5. The number of fused-ring (bicyclic) bond motifs is 1. The summed E-state index contributed by atoms with van der Waals surface area (Å²) in [6.07, 6.45) is 6.74. The number of hydrogen-bond donors (Lipinski definition) is 2. The van der Waals surface area contributed by atoms with Crippen molar-refractivity contribution >= 4 is 39.8 Å². The Morgan fingerprint density at radius 1 is 1.13 bits per heavy atom. The van der Waals surface area contributed by atoms with Gasteiger partial charge in [-0.25, -0.2) is 4.68 Å². The van der Waals surface area contributed by atoms with Gasteiger partial charge in [-0.2, -0.15) is 5.10 Å². The fraction of sp³-hybridized carbons (Fsp3) is 0.300. The number of carbonyl (C=O) groups is 2. The van der Waals surface area contributed by atoms with Crippen molar-refractivity contribution in [3.8, 4) is 22.7 Å². The quantitative estimate of drug-likeness (QED) is 0.280. The van der Waals surface area contributed by atoms with Gasteiger partial charge in [0.15, 0.2) is 0 Å². The van der Waals surface area contributed by atoms with E-state index in [1.54, 1.807) is 25.5 Å². The van der Waals surface area contributed by atoms with Crippen molar-refractivity contribution in [2.24, 2.45) is 5.92 Å². The summed E-state index contributed by atoms with van der Waals surface area (Å²) in [6, 6.07) is 15.5. The monoisotopic (exact) mass is 560 g/mol. The molecule has 0 bridgehead atoms. The van der Waals surface area contributed by atoms with Crippen molar-refractivity contribution in [1.82, 2.24) is 15.1 Å². The van der Waals surface area contributed by atoms with E-state index in [9.17, 15) is 9.59 Å². The predicted octanol–water partition coefficient (Wildman–Crippen LogP) is 6.24. The smallest absolute Gasteiger partial charge is 0.254 e. The maximum Gasteiger partial charge on any atom is 0.254 e. The Morgan fingerprint density at radius 3 is 2.67 bits per heavy atom. The third kappa shape index (κ3) is 4.83. The van der Waals surface area contributed by atoms with Gasteiger partial charge in [0.25, 0.3) is 5.91 Å². The zero-order valence-electron chi connectivity index (χ0n) is 21.8. The van der Waals surface area contributed by atoms with Gasteiger partial charge >= 0.3 is 0 Å². The van der Waals surface area contributed by atoms with Gasteiger partial charge in [0.1, 0.15) is 10.8 Å². The van der Waals surface area contributed by atoms with Crippen LogP contribution in [0.3, 0.4) is 0 Å². The van der Waals surface area contributed by atoms with E-state index in [1.807, 2.05) is 59.4 Å². The largest absolute Gasteiger partial charge is 0.495 e. The summed E-state index contributed by atoms with van der Waals surface area (Å²) < 4.78 is 7.19. The first kappa shape index (κ1) is 25.6. The zero-order valence-corrected chi connectivity index (χ0v) is 23.4. The SMILES string of the molecule is CNC(=O)c1c(NC(=O)C2CC2c2cn(-c3ccccc3)nc2-c2ccc(OC)c(Cl)c2)sc2c1CCCC2. The molecule has 0 aliphatic heterocycles. The number of hydrogen-bond acceptors (Lipinski definition) is 5. The minimum absolute atomic E-state index is 0.0105. The van der Waals surface area contributed by atoms with Crippen molar-refractivity contribution in [3.05, 3.63) is 81.3 Å². The number of thiophene rings is 1. The van der Waals surface area contributed by atoms with Crippen LogP contribution in [0.1, 0.15) is 51.5 Å². The standard InChI is InChI=1S/C30H29ClN4O3S/c1-32-29(37)26-19-10-6-7-11-25(19)39-30(26)33-28(36)21-15-20(21)22-16-35(18-8-4-3-5-9-18)34-27(22)17-12-13-24(38-2)23(31)14-17/h3-5,8-9,12-14,16,20-21H,6-7,10-11,15H2,1-2H3,(H,32,37)(H,33,36). The number of carbonyl (C=O) groups excluding carboxylic acids is 2. The first-order valence-corrected chi connectivity index (χ1v) is 14.3. The maximum atomic E-state index is 13.5. The number of halogens is 1. The summed E-state index contributed by atoms with van der Waals surface area (Å²) in [5.41, 5.74) is 5.32. The molecule has 2 amide bonds. The number of para-hydroxylation sites is 1. The van der Waals surface area contributed by atoms with E-state index in [2.05, 4.69) is 10.6 Å². The van der Waals surface area contributed by atoms with Crippen LogP contribution in [0, 0.1) is 5.92 Å². The second kappa shape index (κ2) is 10.5. The summed E-state index contributed by atoms with van der Waals surface area (Å²) in [6.45, 7) is 0. The highest BCUT2D eigenvalue weighted by molar-refractivity contribution is 7.17. The number of anilines is 1. The van der Waals surface area contributed by atoms with Crippen LogP contribution in [0.15, 0.2) is 54.7 Å². The minimum atomic E-state index is -0.206. The number of benzene rings is 2. The zero-order chi connectivity index (χ0) is 27.1. The van der Waals surface area contributed by atoms with Crippen molar-refractivity contribution in [2.75, 3.05) is 19.5 Å². The van der Waals surface area contributed by atoms with Crippen LogP contribution in [-0.2, 0) is 17.6 Å². The van der Waals surface area contributed by atoms with Crippen LogP contribution in [0.5, 0.6) is 5.75 Å². The topological polar surface area (TPSA) is 85.3 Å². The van der Waals surface area contributed by atoms with E-state index in [4.69, 9.17) is 21.4 Å². The van der Waals surface area contributed by atoms with Crippen LogP contribution in [0.25, 0.3) is 16.9 Å². The molecule has 0 radical (unpaired) electrons. The number of rotatable bonds is 7. The molecule has 1 fully saturated rings. The summed E-state index contributed by atoms with van der Waals surface area (Å²) in [4.78, 5) is 27.5. The molecule has 0 spiro atoms. The Bertz CT molecular complexity index is 1560. The van der Waals surface area contributed by atoms with Gasteiger partial charge in [-0.3, -0.25) is 9.59 Å². The molecular formula is C30H29ClN4O3S. The molecule has 2 heterocycles. The second-order valence-corrected chi connectivity index (χ2v) is 11.5. The van der Waals surface area contributed by atoms with Crippen LogP contribution >= 0.6 is 22.9 Å². The number of aromatic nitrogens is 2. The predicted molar refractivity (Wildman–Crippen MR) is 154 cm³/mol. The number of aryl methyl sites for hydroxylation is 1. The summed E-state index contributed by atoms with van der Waals surface area (Å²) in [5, 5.41) is 12.0. The van der Waals surface area contributed by atoms with E-state index in [0.29, 0.717) is 27.8 Å². The Balaban J connectivity index is 1.31. The molecule has 2 atom stereocenters. The molecule has 2 aliphatic carbocycles. The Kier molecular flexibility index (Phi) is 6.91. The number of nitrogens with one attached hydrogen (secondary N) is 2. The van der Waals surface area contributed by atoms with Crippen molar-refractivity contribution in [1.29, 1.82) is 0 Å². The van der Waals surface area contributed by atoms with Gasteiger partial charge < -0.3 is 15.4 Å². The molecule has 0 saturated heterocycles. The molecule has 2 aromatic carbocycles. The van der Waals surface area contributed by atoms with E-state index in [1.165, 1.54) is 4.88 Å². The van der Waals surface area contributed by atoms with Crippen molar-refractivity contribution in [3.63, 3.8) is 0 Å². The first-order chi connectivity index (χ1) is 19.0. The van der Waals surface area contributed by atoms with E-state index >= 15 is 0 Å². The summed E-state index contributed by atoms with van der Waals surface area (Å²) in [7, 11) is 3.22. The van der Waals surface area contributed by atoms with Crippen LogP contribution in [0.2, 0.25) is 5.02 Å². The average Bonchev–Trinajstić information content (AvgIpc) is 3.50. The van der Waals surface area contributed by atoms with Gasteiger partial charge in [-0.05, 0) is 68.0 Å². The minimum Gasteiger partial charge on any atom is -0.495 e. The molecule has 2 aliphatic rings. The number of amides is 2. The molecule has 200 valence electrons. The van der Waals surface area contributed by atoms with E-state index in [0.717, 1.165) is 53.8 Å². The number of nitrogens with zero attached hydrogens (tertiary/aromatic N) is 2. The highest BCUT2D eigenvalue weighted by Gasteiger charge is 2.46. The molecular weight excluding hydrogens is 532 g/mol. The highest BCUT2D eigenvalue weighted by Crippen LogP contribution is 2.51. The third-order valence-corrected chi connectivity index (χ3v) is 9.08. The fourth-order valence-electron chi connectivity index (χ4n) is 5.46. The molecule has 2 aromatic heterocycles. The Hall–Kier alpha value is -3.62. The fourth-order valence-corrected chi connectivity index (χ4v) is 7.01. The van der Waals surface area contributed by atoms with E-state index < -0.39 is 0 Å².